The number of nitrogens with zero attached hydrogens (tertiary/aromatic N) is 1. The van der Waals surface area contributed by atoms with Crippen LogP contribution in [0.15, 0.2) is 54.8 Å². The van der Waals surface area contributed by atoms with Gasteiger partial charge in [0, 0.05) is 48.1 Å². The van der Waals surface area contributed by atoms with Crippen molar-refractivity contribution in [3.8, 4) is 5.75 Å². The molecular weight excluding hydrogens is 402 g/mol. The second-order valence-electron chi connectivity index (χ2n) is 7.29. The fourth-order valence-electron chi connectivity index (χ4n) is 3.63. The molecule has 0 bridgehead atoms. The lowest BCUT2D eigenvalue weighted by atomic mass is 9.93. The van der Waals surface area contributed by atoms with E-state index in [0.717, 1.165) is 31.6 Å². The second kappa shape index (κ2) is 10.1. The maximum Gasteiger partial charge on any atom is 0.330 e. The van der Waals surface area contributed by atoms with Crippen molar-refractivity contribution in [2.75, 3.05) is 37.5 Å². The molecule has 31 heavy (non-hydrogen) atoms. The number of halogens is 2. The van der Waals surface area contributed by atoms with E-state index in [1.165, 1.54) is 38.5 Å². The fraction of sp³-hybridized carbons (Fsp3) is 0.292. The number of esters is 1. The summed E-state index contributed by atoms with van der Waals surface area (Å²) in [5.41, 5.74) is 2.43. The zero-order chi connectivity index (χ0) is 22.4. The summed E-state index contributed by atoms with van der Waals surface area (Å²) in [6.07, 6.45) is 4.38. The normalized spacial score (nSPS) is 14.5. The zero-order valence-corrected chi connectivity index (χ0v) is 17.7. The number of rotatable bonds is 7. The van der Waals surface area contributed by atoms with Gasteiger partial charge in [-0.1, -0.05) is 18.7 Å². The molecule has 2 aromatic carbocycles. The zero-order valence-electron chi connectivity index (χ0n) is 17.7. The lowest BCUT2D eigenvalue weighted by molar-refractivity contribution is -0.134. The van der Waals surface area contributed by atoms with Gasteiger partial charge in [0.05, 0.1) is 19.9 Å². The van der Waals surface area contributed by atoms with Gasteiger partial charge in [-0.3, -0.25) is 0 Å². The van der Waals surface area contributed by atoms with E-state index in [0.29, 0.717) is 11.3 Å². The van der Waals surface area contributed by atoms with E-state index in [9.17, 15) is 13.6 Å². The van der Waals surface area contributed by atoms with Crippen molar-refractivity contribution in [2.24, 2.45) is 5.92 Å². The lowest BCUT2D eigenvalue weighted by Gasteiger charge is -2.35. The molecule has 1 N–H and O–H groups in total. The van der Waals surface area contributed by atoms with E-state index in [-0.39, 0.29) is 23.2 Å². The van der Waals surface area contributed by atoms with E-state index in [1.54, 1.807) is 24.3 Å². The number of piperidine rings is 1. The minimum atomic E-state index is -0.515. The Labute approximate surface area is 181 Å². The van der Waals surface area contributed by atoms with Gasteiger partial charge in [-0.05, 0) is 37.1 Å². The van der Waals surface area contributed by atoms with Crippen molar-refractivity contribution in [3.63, 3.8) is 0 Å². The Morgan fingerprint density at radius 1 is 1.16 bits per heavy atom. The number of nitrogens with one attached hydrogen (secondary N) is 1. The highest BCUT2D eigenvalue weighted by Gasteiger charge is 2.23. The Bertz CT molecular complexity index is 983. The molecule has 0 amide bonds. The van der Waals surface area contributed by atoms with E-state index in [2.05, 4.69) is 21.5 Å². The van der Waals surface area contributed by atoms with Gasteiger partial charge in [0.15, 0.2) is 11.6 Å². The molecule has 7 heteroatoms. The molecule has 0 saturated carbocycles. The van der Waals surface area contributed by atoms with E-state index < -0.39 is 11.8 Å². The maximum atomic E-state index is 14.5. The van der Waals surface area contributed by atoms with Crippen LogP contribution in [0.1, 0.15) is 18.4 Å². The van der Waals surface area contributed by atoms with Crippen LogP contribution in [0.3, 0.4) is 0 Å². The first-order chi connectivity index (χ1) is 14.9. The van der Waals surface area contributed by atoms with Crippen LogP contribution in [0.2, 0.25) is 0 Å². The van der Waals surface area contributed by atoms with Gasteiger partial charge in [0.25, 0.3) is 0 Å². The highest BCUT2D eigenvalue weighted by molar-refractivity contribution is 5.88. The van der Waals surface area contributed by atoms with Crippen LogP contribution in [-0.4, -0.2) is 33.3 Å². The molecule has 0 atom stereocenters. The molecule has 2 aromatic rings. The number of hydrogen-bond donors (Lipinski definition) is 1. The third-order valence-electron chi connectivity index (χ3n) is 5.42. The number of ether oxygens (including phenoxy) is 2. The van der Waals surface area contributed by atoms with Crippen LogP contribution in [-0.2, 0) is 9.53 Å². The van der Waals surface area contributed by atoms with Gasteiger partial charge in [0.2, 0.25) is 0 Å². The van der Waals surface area contributed by atoms with Crippen LogP contribution in [0.4, 0.5) is 20.2 Å². The minimum Gasteiger partial charge on any atom is -0.494 e. The van der Waals surface area contributed by atoms with Crippen molar-refractivity contribution in [2.45, 2.75) is 12.8 Å². The number of allylic oxidation sites excluding steroid dienone is 1. The molecule has 1 fully saturated rings. The molecule has 0 aliphatic carbocycles. The highest BCUT2D eigenvalue weighted by Crippen LogP contribution is 2.32. The Hall–Kier alpha value is -3.35. The molecule has 0 aromatic heterocycles. The number of anilines is 2. The average molecular weight is 428 g/mol. The molecule has 0 radical (unpaired) electrons. The summed E-state index contributed by atoms with van der Waals surface area (Å²) in [4.78, 5) is 13.5. The SMILES string of the molecule is C=C(Nc1c(F)cccc1/C=C/C(=O)OC)C1CCN(c2ccc(F)c(OC)c2)CC1. The maximum absolute atomic E-state index is 14.5. The summed E-state index contributed by atoms with van der Waals surface area (Å²) < 4.78 is 37.8. The molecule has 0 unspecified atom stereocenters. The topological polar surface area (TPSA) is 50.8 Å². The van der Waals surface area contributed by atoms with Gasteiger partial charge in [-0.2, -0.15) is 0 Å². The largest absolute Gasteiger partial charge is 0.494 e. The van der Waals surface area contributed by atoms with Crippen LogP contribution in [0, 0.1) is 17.6 Å². The number of carbonyl (C=O) groups is 1. The summed E-state index contributed by atoms with van der Waals surface area (Å²) in [6.45, 7) is 5.64. The predicted molar refractivity (Wildman–Crippen MR) is 118 cm³/mol. The van der Waals surface area contributed by atoms with Crippen molar-refractivity contribution < 1.29 is 23.0 Å². The van der Waals surface area contributed by atoms with Crippen LogP contribution in [0.5, 0.6) is 5.75 Å². The molecule has 1 saturated heterocycles. The lowest BCUT2D eigenvalue weighted by Crippen LogP contribution is -2.35. The van der Waals surface area contributed by atoms with Crippen LogP contribution >= 0.6 is 0 Å². The molecular formula is C24H26F2N2O3. The van der Waals surface area contributed by atoms with Crippen molar-refractivity contribution in [1.82, 2.24) is 0 Å². The van der Waals surface area contributed by atoms with Gasteiger partial charge in [-0.15, -0.1) is 0 Å². The summed E-state index contributed by atoms with van der Waals surface area (Å²) in [7, 11) is 2.73. The van der Waals surface area contributed by atoms with Gasteiger partial charge < -0.3 is 19.7 Å². The van der Waals surface area contributed by atoms with Gasteiger partial charge >= 0.3 is 5.97 Å². The van der Waals surface area contributed by atoms with Crippen molar-refractivity contribution >= 4 is 23.4 Å². The Kier molecular flexibility index (Phi) is 7.28. The van der Waals surface area contributed by atoms with E-state index >= 15 is 0 Å². The van der Waals surface area contributed by atoms with Crippen LogP contribution in [0.25, 0.3) is 6.08 Å². The first-order valence-electron chi connectivity index (χ1n) is 10.0. The third kappa shape index (κ3) is 5.42. The minimum absolute atomic E-state index is 0.149. The van der Waals surface area contributed by atoms with E-state index in [1.807, 2.05) is 0 Å². The first-order valence-corrected chi connectivity index (χ1v) is 10.0. The first kappa shape index (κ1) is 22.3. The summed E-state index contributed by atoms with van der Waals surface area (Å²) in [5, 5.41) is 3.11. The Morgan fingerprint density at radius 3 is 2.58 bits per heavy atom. The van der Waals surface area contributed by atoms with Crippen molar-refractivity contribution in [1.29, 1.82) is 0 Å². The van der Waals surface area contributed by atoms with Gasteiger partial charge in [0.1, 0.15) is 5.82 Å². The molecule has 5 nitrogen and oxygen atoms in total. The fourth-order valence-corrected chi connectivity index (χ4v) is 3.63. The standard InChI is InChI=1S/C24H26F2N2O3/c1-16(27-24-18(5-4-6-21(24)26)7-10-23(29)31-3)17-11-13-28(14-12-17)19-8-9-20(25)22(15-19)30-2/h4-10,15,17,27H,1,11-14H2,2-3H3/b10-7+. The monoisotopic (exact) mass is 428 g/mol. The van der Waals surface area contributed by atoms with E-state index in [4.69, 9.17) is 4.74 Å². The molecule has 1 aliphatic rings. The molecule has 1 aliphatic heterocycles. The number of benzene rings is 2. The third-order valence-corrected chi connectivity index (χ3v) is 5.42. The average Bonchev–Trinajstić information content (AvgIpc) is 2.79. The van der Waals surface area contributed by atoms with Crippen LogP contribution < -0.4 is 15.0 Å². The Balaban J connectivity index is 1.66. The number of para-hydroxylation sites is 1. The molecule has 0 spiro atoms. The smallest absolute Gasteiger partial charge is 0.330 e. The molecule has 1 heterocycles. The molecule has 164 valence electrons. The van der Waals surface area contributed by atoms with Crippen molar-refractivity contribution in [3.05, 3.63) is 71.9 Å². The summed E-state index contributed by atoms with van der Waals surface area (Å²) in [5.74, 6) is -0.961. The van der Waals surface area contributed by atoms with Gasteiger partial charge in [-0.25, -0.2) is 13.6 Å². The second-order valence-corrected chi connectivity index (χ2v) is 7.29. The Morgan fingerprint density at radius 2 is 1.90 bits per heavy atom. The number of methoxy groups -OCH3 is 2. The molecule has 3 rings (SSSR count). The summed E-state index contributed by atoms with van der Waals surface area (Å²) >= 11 is 0. The number of carbonyl (C=O) groups excluding carboxylic acids is 1. The summed E-state index contributed by atoms with van der Waals surface area (Å²) in [6, 6.07) is 9.49. The highest BCUT2D eigenvalue weighted by atomic mass is 19.1. The quantitative estimate of drug-likeness (QED) is 0.497. The predicted octanol–water partition coefficient (Wildman–Crippen LogP) is 5.00. The number of hydrogen-bond acceptors (Lipinski definition) is 5.